The van der Waals surface area contributed by atoms with Gasteiger partial charge in [-0.3, -0.25) is 4.90 Å². The van der Waals surface area contributed by atoms with Crippen molar-refractivity contribution in [3.63, 3.8) is 0 Å². The average molecular weight is 419 g/mol. The number of rotatable bonds is 4. The topological polar surface area (TPSA) is 71.3 Å². The summed E-state index contributed by atoms with van der Waals surface area (Å²) in [5.41, 5.74) is 8.89. The average Bonchev–Trinajstić information content (AvgIpc) is 2.72. The molecule has 0 aliphatic carbocycles. The molecule has 0 radical (unpaired) electrons. The summed E-state index contributed by atoms with van der Waals surface area (Å²) in [6.07, 6.45) is 3.02. The quantitative estimate of drug-likeness (QED) is 0.756. The first-order chi connectivity index (χ1) is 14.2. The standard InChI is InChI=1S/C23H38N4O3/c1-6-17-15-19(24)21(29-5)16-20(17)26-9-7-18(8-10-26)25-11-13-27(14-12-25)22(28)30-23(2,3)4/h15-16,18H,6-14,24H2,1-5H3. The van der Waals surface area contributed by atoms with Gasteiger partial charge in [-0.05, 0) is 51.7 Å². The highest BCUT2D eigenvalue weighted by atomic mass is 16.6. The molecular formula is C23H38N4O3. The van der Waals surface area contributed by atoms with E-state index in [1.165, 1.54) is 11.3 Å². The first-order valence-corrected chi connectivity index (χ1v) is 11.1. The highest BCUT2D eigenvalue weighted by Crippen LogP contribution is 2.34. The molecule has 7 heteroatoms. The second-order valence-corrected chi connectivity index (χ2v) is 9.30. The maximum absolute atomic E-state index is 12.3. The summed E-state index contributed by atoms with van der Waals surface area (Å²) in [5, 5.41) is 0. The van der Waals surface area contributed by atoms with E-state index in [1.807, 2.05) is 25.7 Å². The van der Waals surface area contributed by atoms with E-state index in [4.69, 9.17) is 15.2 Å². The van der Waals surface area contributed by atoms with Gasteiger partial charge in [0.2, 0.25) is 0 Å². The number of hydrogen-bond donors (Lipinski definition) is 1. The van der Waals surface area contributed by atoms with Gasteiger partial charge >= 0.3 is 6.09 Å². The molecule has 168 valence electrons. The molecule has 2 fully saturated rings. The Balaban J connectivity index is 1.54. The lowest BCUT2D eigenvalue weighted by molar-refractivity contribution is 0.00902. The molecule has 0 bridgehead atoms. The van der Waals surface area contributed by atoms with E-state index in [1.54, 1.807) is 7.11 Å². The van der Waals surface area contributed by atoms with Crippen LogP contribution in [0.5, 0.6) is 5.75 Å². The molecule has 0 atom stereocenters. The lowest BCUT2D eigenvalue weighted by Gasteiger charge is -2.43. The van der Waals surface area contributed by atoms with Crippen LogP contribution in [0.2, 0.25) is 0 Å². The zero-order valence-corrected chi connectivity index (χ0v) is 19.2. The molecule has 1 amide bonds. The number of anilines is 2. The summed E-state index contributed by atoms with van der Waals surface area (Å²) >= 11 is 0. The van der Waals surface area contributed by atoms with Crippen molar-refractivity contribution in [1.29, 1.82) is 0 Å². The number of nitrogens with two attached hydrogens (primary N) is 1. The number of piperidine rings is 1. The minimum atomic E-state index is -0.441. The van der Waals surface area contributed by atoms with Crippen LogP contribution >= 0.6 is 0 Å². The number of aryl methyl sites for hydroxylation is 1. The van der Waals surface area contributed by atoms with E-state index < -0.39 is 5.60 Å². The van der Waals surface area contributed by atoms with Crippen LogP contribution in [-0.4, -0.2) is 73.9 Å². The zero-order valence-electron chi connectivity index (χ0n) is 19.2. The SMILES string of the molecule is CCc1cc(N)c(OC)cc1N1CCC(N2CCN(C(=O)OC(C)(C)C)CC2)CC1. The first kappa shape index (κ1) is 22.5. The molecule has 2 N–H and O–H groups in total. The van der Waals surface area contributed by atoms with E-state index in [0.717, 1.165) is 64.3 Å². The van der Waals surface area contributed by atoms with Gasteiger partial charge in [0.15, 0.2) is 0 Å². The van der Waals surface area contributed by atoms with Crippen LogP contribution in [0.15, 0.2) is 12.1 Å². The van der Waals surface area contributed by atoms with Crippen LogP contribution in [-0.2, 0) is 11.2 Å². The Morgan fingerprint density at radius 3 is 2.27 bits per heavy atom. The van der Waals surface area contributed by atoms with E-state index in [0.29, 0.717) is 11.7 Å². The van der Waals surface area contributed by atoms with Crippen LogP contribution in [0, 0.1) is 0 Å². The van der Waals surface area contributed by atoms with Crippen molar-refractivity contribution in [1.82, 2.24) is 9.80 Å². The van der Waals surface area contributed by atoms with Crippen LogP contribution in [0.3, 0.4) is 0 Å². The second-order valence-electron chi connectivity index (χ2n) is 9.30. The number of carbonyl (C=O) groups is 1. The van der Waals surface area contributed by atoms with Crippen LogP contribution < -0.4 is 15.4 Å². The van der Waals surface area contributed by atoms with Gasteiger partial charge in [0.05, 0.1) is 12.8 Å². The summed E-state index contributed by atoms with van der Waals surface area (Å²) in [6, 6.07) is 4.72. The summed E-state index contributed by atoms with van der Waals surface area (Å²) < 4.78 is 11.0. The lowest BCUT2D eigenvalue weighted by Crippen LogP contribution is -2.55. The molecule has 7 nitrogen and oxygen atoms in total. The molecule has 2 aliphatic heterocycles. The van der Waals surface area contributed by atoms with Gasteiger partial charge in [-0.2, -0.15) is 0 Å². The number of nitrogen functional groups attached to an aromatic ring is 1. The number of nitrogens with zero attached hydrogens (tertiary/aromatic N) is 3. The third-order valence-corrected chi connectivity index (χ3v) is 6.10. The monoisotopic (exact) mass is 418 g/mol. The number of piperazine rings is 1. The number of ether oxygens (including phenoxy) is 2. The van der Waals surface area contributed by atoms with Crippen molar-refractivity contribution in [2.75, 3.05) is 57.0 Å². The molecule has 2 aliphatic rings. The number of benzene rings is 1. The largest absolute Gasteiger partial charge is 0.495 e. The fourth-order valence-corrected chi connectivity index (χ4v) is 4.46. The third-order valence-electron chi connectivity index (χ3n) is 6.10. The van der Waals surface area contributed by atoms with Crippen molar-refractivity contribution in [3.8, 4) is 5.75 Å². The second kappa shape index (κ2) is 9.33. The van der Waals surface area contributed by atoms with Gasteiger partial charge in [0.1, 0.15) is 11.4 Å². The Hall–Kier alpha value is -2.15. The van der Waals surface area contributed by atoms with Crippen LogP contribution in [0.1, 0.15) is 46.1 Å². The predicted octanol–water partition coefficient (Wildman–Crippen LogP) is 3.36. The number of carbonyl (C=O) groups excluding carboxylic acids is 1. The first-order valence-electron chi connectivity index (χ1n) is 11.1. The van der Waals surface area contributed by atoms with E-state index in [2.05, 4.69) is 28.9 Å². The van der Waals surface area contributed by atoms with Gasteiger partial charge in [-0.1, -0.05) is 6.92 Å². The van der Waals surface area contributed by atoms with Crippen molar-refractivity contribution in [2.45, 2.75) is 58.6 Å². The number of methoxy groups -OCH3 is 1. The molecule has 2 saturated heterocycles. The van der Waals surface area contributed by atoms with Gasteiger partial charge in [0.25, 0.3) is 0 Å². The van der Waals surface area contributed by atoms with Crippen molar-refractivity contribution < 1.29 is 14.3 Å². The normalized spacial score (nSPS) is 19.1. The smallest absolute Gasteiger partial charge is 0.410 e. The van der Waals surface area contributed by atoms with E-state index in [-0.39, 0.29) is 6.09 Å². The summed E-state index contributed by atoms with van der Waals surface area (Å²) in [5.74, 6) is 0.752. The molecule has 3 rings (SSSR count). The summed E-state index contributed by atoms with van der Waals surface area (Å²) in [4.78, 5) is 19.1. The number of hydrogen-bond acceptors (Lipinski definition) is 6. The molecule has 1 aromatic carbocycles. The Labute approximate surface area is 181 Å². The highest BCUT2D eigenvalue weighted by Gasteiger charge is 2.31. The minimum Gasteiger partial charge on any atom is -0.495 e. The van der Waals surface area contributed by atoms with E-state index in [9.17, 15) is 4.79 Å². The predicted molar refractivity (Wildman–Crippen MR) is 121 cm³/mol. The maximum atomic E-state index is 12.3. The summed E-state index contributed by atoms with van der Waals surface area (Å²) in [6.45, 7) is 13.3. The van der Waals surface area contributed by atoms with Crippen LogP contribution in [0.25, 0.3) is 0 Å². The van der Waals surface area contributed by atoms with E-state index >= 15 is 0 Å². The zero-order chi connectivity index (χ0) is 21.9. The van der Waals surface area contributed by atoms with Gasteiger partial charge in [0, 0.05) is 57.1 Å². The Morgan fingerprint density at radius 1 is 1.10 bits per heavy atom. The van der Waals surface area contributed by atoms with Crippen LogP contribution in [0.4, 0.5) is 16.2 Å². The Kier molecular flexibility index (Phi) is 7.01. The van der Waals surface area contributed by atoms with Crippen molar-refractivity contribution >= 4 is 17.5 Å². The van der Waals surface area contributed by atoms with Gasteiger partial charge < -0.3 is 25.0 Å². The molecular weight excluding hydrogens is 380 g/mol. The Bertz CT molecular complexity index is 731. The summed E-state index contributed by atoms with van der Waals surface area (Å²) in [7, 11) is 1.67. The third kappa shape index (κ3) is 5.31. The lowest BCUT2D eigenvalue weighted by atomic mass is 9.99. The number of amides is 1. The van der Waals surface area contributed by atoms with Gasteiger partial charge in [-0.25, -0.2) is 4.79 Å². The van der Waals surface area contributed by atoms with Crippen molar-refractivity contribution in [3.05, 3.63) is 17.7 Å². The Morgan fingerprint density at radius 2 is 1.73 bits per heavy atom. The highest BCUT2D eigenvalue weighted by molar-refractivity contribution is 5.68. The minimum absolute atomic E-state index is 0.193. The molecule has 0 unspecified atom stereocenters. The van der Waals surface area contributed by atoms with Gasteiger partial charge in [-0.15, -0.1) is 0 Å². The fourth-order valence-electron chi connectivity index (χ4n) is 4.46. The fraction of sp³-hybridized carbons (Fsp3) is 0.696. The molecule has 0 saturated carbocycles. The molecule has 0 aromatic heterocycles. The molecule has 1 aromatic rings. The molecule has 2 heterocycles. The molecule has 0 spiro atoms. The molecule has 30 heavy (non-hydrogen) atoms. The maximum Gasteiger partial charge on any atom is 0.410 e. The van der Waals surface area contributed by atoms with Crippen molar-refractivity contribution in [2.24, 2.45) is 0 Å².